The van der Waals surface area contributed by atoms with E-state index in [9.17, 15) is 9.18 Å². The van der Waals surface area contributed by atoms with Crippen LogP contribution in [-0.4, -0.2) is 15.6 Å². The zero-order valence-corrected chi connectivity index (χ0v) is 8.48. The molecule has 0 radical (unpaired) electrons. The summed E-state index contributed by atoms with van der Waals surface area (Å²) in [7, 11) is 0. The van der Waals surface area contributed by atoms with Gasteiger partial charge in [-0.25, -0.2) is 9.07 Å². The third-order valence-corrected chi connectivity index (χ3v) is 2.83. The third kappa shape index (κ3) is 1.26. The first kappa shape index (κ1) is 9.27. The van der Waals surface area contributed by atoms with Crippen molar-refractivity contribution in [1.82, 2.24) is 9.78 Å². The molecule has 0 spiro atoms. The fourth-order valence-corrected chi connectivity index (χ4v) is 2.02. The Labute approximate surface area is 91.5 Å². The van der Waals surface area contributed by atoms with Crippen LogP contribution in [0, 0.1) is 5.82 Å². The highest BCUT2D eigenvalue weighted by atomic mass is 19.1. The lowest BCUT2D eigenvalue weighted by Gasteiger charge is -2.04. The Balaban J connectivity index is 2.11. The highest BCUT2D eigenvalue weighted by Crippen LogP contribution is 2.24. The fourth-order valence-electron chi connectivity index (χ4n) is 2.02. The lowest BCUT2D eigenvalue weighted by Crippen LogP contribution is -2.00. The minimum atomic E-state index is -0.274. The largest absolute Gasteiger partial charge is 0.294 e. The van der Waals surface area contributed by atoms with Crippen LogP contribution >= 0.6 is 0 Å². The summed E-state index contributed by atoms with van der Waals surface area (Å²) in [5, 5.41) is 4.16. The molecule has 16 heavy (non-hydrogen) atoms. The molecule has 2 aromatic rings. The van der Waals surface area contributed by atoms with Crippen molar-refractivity contribution in [2.24, 2.45) is 0 Å². The van der Waals surface area contributed by atoms with Crippen molar-refractivity contribution in [2.75, 3.05) is 0 Å². The van der Waals surface area contributed by atoms with Gasteiger partial charge in [0.05, 0.1) is 23.1 Å². The van der Waals surface area contributed by atoms with Crippen molar-refractivity contribution in [2.45, 2.75) is 12.8 Å². The number of halogens is 1. The number of hydrogen-bond acceptors (Lipinski definition) is 2. The van der Waals surface area contributed by atoms with Gasteiger partial charge in [-0.05, 0) is 30.7 Å². The minimum Gasteiger partial charge on any atom is -0.294 e. The molecule has 3 rings (SSSR count). The van der Waals surface area contributed by atoms with E-state index in [4.69, 9.17) is 0 Å². The number of carbonyl (C=O) groups excluding carboxylic acids is 1. The highest BCUT2D eigenvalue weighted by molar-refractivity contribution is 5.99. The average molecular weight is 216 g/mol. The molecule has 1 aromatic heterocycles. The second-order valence-electron chi connectivity index (χ2n) is 3.82. The summed E-state index contributed by atoms with van der Waals surface area (Å²) in [5.41, 5.74) is 2.42. The van der Waals surface area contributed by atoms with Crippen LogP contribution in [0.4, 0.5) is 4.39 Å². The van der Waals surface area contributed by atoms with Crippen LogP contribution in [0.3, 0.4) is 0 Å². The number of hydrogen-bond donors (Lipinski definition) is 0. The van der Waals surface area contributed by atoms with Crippen molar-refractivity contribution in [3.05, 3.63) is 47.5 Å². The SMILES string of the molecule is O=C1CCc2c1cnn2-c1ccc(F)cc1. The molecule has 0 saturated carbocycles. The quantitative estimate of drug-likeness (QED) is 0.732. The van der Waals surface area contributed by atoms with Gasteiger partial charge in [0.15, 0.2) is 5.78 Å². The van der Waals surface area contributed by atoms with Gasteiger partial charge in [0.25, 0.3) is 0 Å². The average Bonchev–Trinajstić information content (AvgIpc) is 2.84. The number of fused-ring (bicyclic) bond motifs is 1. The van der Waals surface area contributed by atoms with Crippen molar-refractivity contribution in [1.29, 1.82) is 0 Å². The van der Waals surface area contributed by atoms with E-state index in [1.807, 2.05) is 0 Å². The Hall–Kier alpha value is -1.97. The van der Waals surface area contributed by atoms with Crippen LogP contribution in [0.15, 0.2) is 30.5 Å². The van der Waals surface area contributed by atoms with E-state index in [0.29, 0.717) is 18.4 Å². The number of rotatable bonds is 1. The minimum absolute atomic E-state index is 0.142. The summed E-state index contributed by atoms with van der Waals surface area (Å²) in [4.78, 5) is 11.5. The lowest BCUT2D eigenvalue weighted by molar-refractivity contribution is 0.0994. The van der Waals surface area contributed by atoms with Crippen LogP contribution in [-0.2, 0) is 6.42 Å². The van der Waals surface area contributed by atoms with E-state index in [1.165, 1.54) is 12.1 Å². The third-order valence-electron chi connectivity index (χ3n) is 2.83. The van der Waals surface area contributed by atoms with Gasteiger partial charge in [-0.2, -0.15) is 5.10 Å². The molecular weight excluding hydrogens is 207 g/mol. The van der Waals surface area contributed by atoms with Crippen LogP contribution in [0.1, 0.15) is 22.5 Å². The first-order valence-corrected chi connectivity index (χ1v) is 5.12. The summed E-state index contributed by atoms with van der Waals surface area (Å²) >= 11 is 0. The maximum Gasteiger partial charge on any atom is 0.166 e. The normalized spacial score (nSPS) is 14.2. The number of Topliss-reactive ketones (excluding diaryl/α,β-unsaturated/α-hetero) is 1. The molecule has 1 aromatic carbocycles. The monoisotopic (exact) mass is 216 g/mol. The molecule has 0 atom stereocenters. The molecule has 4 heteroatoms. The Kier molecular flexibility index (Phi) is 1.89. The maximum atomic E-state index is 12.8. The van der Waals surface area contributed by atoms with Gasteiger partial charge < -0.3 is 0 Å². The summed E-state index contributed by atoms with van der Waals surface area (Å²) in [6.45, 7) is 0. The zero-order chi connectivity index (χ0) is 11.1. The fraction of sp³-hybridized carbons (Fsp3) is 0.167. The summed E-state index contributed by atoms with van der Waals surface area (Å²) in [5.74, 6) is -0.132. The number of benzene rings is 1. The molecule has 0 amide bonds. The molecule has 1 heterocycles. The Morgan fingerprint density at radius 3 is 2.69 bits per heavy atom. The maximum absolute atomic E-state index is 12.8. The Morgan fingerprint density at radius 2 is 1.94 bits per heavy atom. The lowest BCUT2D eigenvalue weighted by atomic mass is 10.2. The molecule has 0 aliphatic heterocycles. The zero-order valence-electron chi connectivity index (χ0n) is 8.48. The molecule has 80 valence electrons. The number of nitrogens with zero attached hydrogens (tertiary/aromatic N) is 2. The van der Waals surface area contributed by atoms with E-state index < -0.39 is 0 Å². The molecule has 0 unspecified atom stereocenters. The van der Waals surface area contributed by atoms with Crippen LogP contribution in [0.25, 0.3) is 5.69 Å². The topological polar surface area (TPSA) is 34.9 Å². The number of ketones is 1. The van der Waals surface area contributed by atoms with Gasteiger partial charge >= 0.3 is 0 Å². The summed E-state index contributed by atoms with van der Waals surface area (Å²) < 4.78 is 14.5. The summed E-state index contributed by atoms with van der Waals surface area (Å²) in [6.07, 6.45) is 2.86. The molecular formula is C12H9FN2O. The Bertz CT molecular complexity index is 557. The molecule has 0 N–H and O–H groups in total. The van der Waals surface area contributed by atoms with Crippen LogP contribution < -0.4 is 0 Å². The first-order chi connectivity index (χ1) is 7.75. The van der Waals surface area contributed by atoms with Crippen molar-refractivity contribution >= 4 is 5.78 Å². The van der Waals surface area contributed by atoms with Gasteiger partial charge in [0.2, 0.25) is 0 Å². The van der Waals surface area contributed by atoms with Gasteiger partial charge in [0, 0.05) is 6.42 Å². The predicted molar refractivity (Wildman–Crippen MR) is 56.2 cm³/mol. The number of aromatic nitrogens is 2. The standard InChI is InChI=1S/C12H9FN2O/c13-8-1-3-9(4-2-8)15-11-5-6-12(16)10(11)7-14-15/h1-4,7H,5-6H2. The second-order valence-corrected chi connectivity index (χ2v) is 3.82. The molecule has 0 saturated heterocycles. The summed E-state index contributed by atoms with van der Waals surface area (Å²) in [6, 6.07) is 6.09. The van der Waals surface area contributed by atoms with Crippen molar-refractivity contribution < 1.29 is 9.18 Å². The van der Waals surface area contributed by atoms with Gasteiger partial charge in [-0.1, -0.05) is 0 Å². The van der Waals surface area contributed by atoms with Crippen molar-refractivity contribution in [3.63, 3.8) is 0 Å². The van der Waals surface area contributed by atoms with E-state index in [1.54, 1.807) is 23.0 Å². The Morgan fingerprint density at radius 1 is 1.19 bits per heavy atom. The number of carbonyl (C=O) groups is 1. The van der Waals surface area contributed by atoms with Gasteiger partial charge in [0.1, 0.15) is 5.82 Å². The van der Waals surface area contributed by atoms with Crippen LogP contribution in [0.2, 0.25) is 0 Å². The first-order valence-electron chi connectivity index (χ1n) is 5.12. The highest BCUT2D eigenvalue weighted by Gasteiger charge is 2.24. The van der Waals surface area contributed by atoms with E-state index >= 15 is 0 Å². The molecule has 0 fully saturated rings. The van der Waals surface area contributed by atoms with Crippen LogP contribution in [0.5, 0.6) is 0 Å². The molecule has 1 aliphatic carbocycles. The van der Waals surface area contributed by atoms with Gasteiger partial charge in [-0.3, -0.25) is 4.79 Å². The van der Waals surface area contributed by atoms with E-state index in [-0.39, 0.29) is 11.6 Å². The van der Waals surface area contributed by atoms with Gasteiger partial charge in [-0.15, -0.1) is 0 Å². The smallest absolute Gasteiger partial charge is 0.166 e. The predicted octanol–water partition coefficient (Wildman–Crippen LogP) is 2.14. The van der Waals surface area contributed by atoms with E-state index in [0.717, 1.165) is 11.4 Å². The second kappa shape index (κ2) is 3.27. The molecule has 0 bridgehead atoms. The van der Waals surface area contributed by atoms with Crippen molar-refractivity contribution in [3.8, 4) is 5.69 Å². The molecule has 1 aliphatic rings. The molecule has 3 nitrogen and oxygen atoms in total. The van der Waals surface area contributed by atoms with E-state index in [2.05, 4.69) is 5.10 Å².